The van der Waals surface area contributed by atoms with E-state index < -0.39 is 23.2 Å². The van der Waals surface area contributed by atoms with Crippen LogP contribution in [0.2, 0.25) is 0 Å². The van der Waals surface area contributed by atoms with Crippen LogP contribution < -0.4 is 10.9 Å². The van der Waals surface area contributed by atoms with Crippen molar-refractivity contribution in [3.05, 3.63) is 58.0 Å². The molecule has 20 heavy (non-hydrogen) atoms. The molecule has 0 radical (unpaired) electrons. The predicted octanol–water partition coefficient (Wildman–Crippen LogP) is 2.11. The molecule has 0 aliphatic carbocycles. The summed E-state index contributed by atoms with van der Waals surface area (Å²) >= 11 is 0. The Bertz CT molecular complexity index is 741. The third-order valence-electron chi connectivity index (χ3n) is 2.66. The van der Waals surface area contributed by atoms with Crippen LogP contribution in [0.3, 0.4) is 0 Å². The second kappa shape index (κ2) is 5.12. The molecular weight excluding hydrogens is 270 g/mol. The summed E-state index contributed by atoms with van der Waals surface area (Å²) in [6.45, 7) is 0. The van der Waals surface area contributed by atoms with E-state index in [0.29, 0.717) is 6.07 Å². The number of anilines is 2. The van der Waals surface area contributed by atoms with Crippen molar-refractivity contribution in [1.29, 1.82) is 0 Å². The lowest BCUT2D eigenvalue weighted by molar-refractivity contribution is 0.0697. The zero-order valence-corrected chi connectivity index (χ0v) is 10.4. The molecule has 2 N–H and O–H groups in total. The van der Waals surface area contributed by atoms with Crippen LogP contribution in [0.1, 0.15) is 10.4 Å². The van der Waals surface area contributed by atoms with Gasteiger partial charge in [0.15, 0.2) is 0 Å². The van der Waals surface area contributed by atoms with E-state index in [2.05, 4.69) is 5.32 Å². The molecule has 0 fully saturated rings. The molecule has 0 unspecified atom stereocenters. The first-order chi connectivity index (χ1) is 9.38. The Balaban J connectivity index is 2.50. The number of aryl methyl sites for hydroxylation is 1. The van der Waals surface area contributed by atoms with Gasteiger partial charge in [0.25, 0.3) is 5.56 Å². The van der Waals surface area contributed by atoms with E-state index in [0.717, 1.165) is 29.0 Å². The molecule has 2 aromatic rings. The van der Waals surface area contributed by atoms with Crippen LogP contribution in [0.25, 0.3) is 0 Å². The highest BCUT2D eigenvalue weighted by atomic mass is 19.1. The van der Waals surface area contributed by atoms with Crippen LogP contribution in [0.4, 0.5) is 20.2 Å². The number of hydrogen-bond donors (Lipinski definition) is 2. The van der Waals surface area contributed by atoms with Crippen molar-refractivity contribution in [2.45, 2.75) is 0 Å². The van der Waals surface area contributed by atoms with Gasteiger partial charge in [0, 0.05) is 25.4 Å². The molecule has 7 heteroatoms. The van der Waals surface area contributed by atoms with Crippen LogP contribution in [0.5, 0.6) is 0 Å². The summed E-state index contributed by atoms with van der Waals surface area (Å²) in [5, 5.41) is 11.5. The van der Waals surface area contributed by atoms with Gasteiger partial charge in [-0.1, -0.05) is 0 Å². The van der Waals surface area contributed by atoms with E-state index in [-0.39, 0.29) is 16.9 Å². The maximum atomic E-state index is 13.5. The second-order valence-corrected chi connectivity index (χ2v) is 4.10. The van der Waals surface area contributed by atoms with Crippen molar-refractivity contribution in [3.8, 4) is 0 Å². The number of aromatic carboxylic acids is 1. The zero-order chi connectivity index (χ0) is 14.9. The number of benzene rings is 1. The molecule has 0 bridgehead atoms. The van der Waals surface area contributed by atoms with Crippen LogP contribution in [-0.4, -0.2) is 15.6 Å². The van der Waals surface area contributed by atoms with Crippen LogP contribution in [0, 0.1) is 11.6 Å². The van der Waals surface area contributed by atoms with Gasteiger partial charge in [-0.2, -0.15) is 0 Å². The Kier molecular flexibility index (Phi) is 3.51. The van der Waals surface area contributed by atoms with Crippen molar-refractivity contribution in [2.75, 3.05) is 5.32 Å². The van der Waals surface area contributed by atoms with Gasteiger partial charge >= 0.3 is 5.97 Å². The van der Waals surface area contributed by atoms with Crippen LogP contribution >= 0.6 is 0 Å². The molecule has 0 aliphatic rings. The fraction of sp³-hybridized carbons (Fsp3) is 0.0769. The Labute approximate surface area is 112 Å². The third-order valence-corrected chi connectivity index (χ3v) is 2.66. The Hall–Kier alpha value is -2.70. The molecule has 1 heterocycles. The average molecular weight is 280 g/mol. The number of aromatic nitrogens is 1. The fourth-order valence-corrected chi connectivity index (χ4v) is 1.64. The summed E-state index contributed by atoms with van der Waals surface area (Å²) in [6, 6.07) is 3.83. The number of nitrogens with zero attached hydrogens (tertiary/aromatic N) is 1. The SMILES string of the molecule is Cn1cc(C(=O)O)c(Nc2ccc(F)cc2F)cc1=O. The molecule has 0 amide bonds. The first-order valence-electron chi connectivity index (χ1n) is 5.54. The van der Waals surface area contributed by atoms with Crippen molar-refractivity contribution >= 4 is 17.3 Å². The highest BCUT2D eigenvalue weighted by Gasteiger charge is 2.14. The summed E-state index contributed by atoms with van der Waals surface area (Å²) in [7, 11) is 1.40. The van der Waals surface area contributed by atoms with Gasteiger partial charge in [-0.15, -0.1) is 0 Å². The largest absolute Gasteiger partial charge is 0.478 e. The van der Waals surface area contributed by atoms with E-state index >= 15 is 0 Å². The first-order valence-corrected chi connectivity index (χ1v) is 5.54. The number of nitrogens with one attached hydrogen (secondary N) is 1. The monoisotopic (exact) mass is 280 g/mol. The Morgan fingerprint density at radius 2 is 1.95 bits per heavy atom. The normalized spacial score (nSPS) is 10.3. The number of carboxylic acid groups (broad SMARTS) is 1. The van der Waals surface area contributed by atoms with Gasteiger partial charge in [0.1, 0.15) is 11.6 Å². The predicted molar refractivity (Wildman–Crippen MR) is 68.3 cm³/mol. The van der Waals surface area contributed by atoms with Gasteiger partial charge < -0.3 is 15.0 Å². The lowest BCUT2D eigenvalue weighted by atomic mass is 10.2. The third kappa shape index (κ3) is 2.66. The quantitative estimate of drug-likeness (QED) is 0.903. The van der Waals surface area contributed by atoms with E-state index in [1.165, 1.54) is 7.05 Å². The molecule has 0 saturated heterocycles. The highest BCUT2D eigenvalue weighted by molar-refractivity contribution is 5.94. The van der Waals surface area contributed by atoms with E-state index in [1.54, 1.807) is 0 Å². The highest BCUT2D eigenvalue weighted by Crippen LogP contribution is 2.22. The fourth-order valence-electron chi connectivity index (χ4n) is 1.64. The Morgan fingerprint density at radius 1 is 1.25 bits per heavy atom. The number of carboxylic acids is 1. The van der Waals surface area contributed by atoms with Crippen LogP contribution in [0.15, 0.2) is 35.3 Å². The van der Waals surface area contributed by atoms with Gasteiger partial charge in [-0.05, 0) is 12.1 Å². The summed E-state index contributed by atoms with van der Waals surface area (Å²) in [4.78, 5) is 22.6. The molecule has 5 nitrogen and oxygen atoms in total. The minimum atomic E-state index is -1.27. The van der Waals surface area contributed by atoms with E-state index in [9.17, 15) is 18.4 Å². The molecule has 2 rings (SSSR count). The Morgan fingerprint density at radius 3 is 2.55 bits per heavy atom. The van der Waals surface area contributed by atoms with Crippen molar-refractivity contribution in [2.24, 2.45) is 7.05 Å². The minimum Gasteiger partial charge on any atom is -0.478 e. The summed E-state index contributed by atoms with van der Waals surface area (Å²) in [5.41, 5.74) is -0.843. The smallest absolute Gasteiger partial charge is 0.339 e. The molecule has 1 aromatic heterocycles. The summed E-state index contributed by atoms with van der Waals surface area (Å²) in [6.07, 6.45) is 1.12. The van der Waals surface area contributed by atoms with Gasteiger partial charge in [0.2, 0.25) is 0 Å². The van der Waals surface area contributed by atoms with Crippen LogP contribution in [-0.2, 0) is 7.05 Å². The molecule has 0 spiro atoms. The molecule has 0 atom stereocenters. The lowest BCUT2D eigenvalue weighted by Crippen LogP contribution is -2.19. The first kappa shape index (κ1) is 13.7. The van der Waals surface area contributed by atoms with Gasteiger partial charge in [0.05, 0.1) is 16.9 Å². The van der Waals surface area contributed by atoms with Gasteiger partial charge in [-0.25, -0.2) is 13.6 Å². The standard InChI is InChI=1S/C13H10F2N2O3/c1-17-6-8(13(19)20)11(5-12(17)18)16-10-3-2-7(14)4-9(10)15/h2-6,16H,1H3,(H,19,20). The number of pyridine rings is 1. The maximum Gasteiger partial charge on any atom is 0.339 e. The number of rotatable bonds is 3. The lowest BCUT2D eigenvalue weighted by Gasteiger charge is -2.11. The molecular formula is C13H10F2N2O3. The van der Waals surface area contributed by atoms with Crippen molar-refractivity contribution in [3.63, 3.8) is 0 Å². The number of carbonyl (C=O) groups is 1. The summed E-state index contributed by atoms with van der Waals surface area (Å²) < 4.78 is 27.4. The zero-order valence-electron chi connectivity index (χ0n) is 10.4. The number of hydrogen-bond acceptors (Lipinski definition) is 3. The molecule has 0 saturated carbocycles. The van der Waals surface area contributed by atoms with E-state index in [4.69, 9.17) is 5.11 Å². The topological polar surface area (TPSA) is 71.3 Å². The minimum absolute atomic E-state index is 0.0638. The molecule has 0 aliphatic heterocycles. The molecule has 1 aromatic carbocycles. The van der Waals surface area contributed by atoms with Crippen molar-refractivity contribution < 1.29 is 18.7 Å². The number of halogens is 2. The second-order valence-electron chi connectivity index (χ2n) is 4.10. The van der Waals surface area contributed by atoms with Crippen molar-refractivity contribution in [1.82, 2.24) is 4.57 Å². The van der Waals surface area contributed by atoms with E-state index in [1.807, 2.05) is 0 Å². The summed E-state index contributed by atoms with van der Waals surface area (Å²) in [5.74, 6) is -2.91. The average Bonchev–Trinajstić information content (AvgIpc) is 2.36. The van der Waals surface area contributed by atoms with Gasteiger partial charge in [-0.3, -0.25) is 4.79 Å². The maximum absolute atomic E-state index is 13.5. The molecule has 104 valence electrons.